The second kappa shape index (κ2) is 6.61. The van der Waals surface area contributed by atoms with Crippen molar-refractivity contribution in [3.05, 3.63) is 44.8 Å². The normalized spacial score (nSPS) is 12.6. The summed E-state index contributed by atoms with van der Waals surface area (Å²) in [6.45, 7) is 1.77. The van der Waals surface area contributed by atoms with Crippen LogP contribution in [0, 0.1) is 18.3 Å². The number of thiophene rings is 1. The van der Waals surface area contributed by atoms with Crippen LogP contribution in [0.2, 0.25) is 5.02 Å². The third-order valence-corrected chi connectivity index (χ3v) is 5.42. The van der Waals surface area contributed by atoms with Crippen molar-refractivity contribution in [3.63, 3.8) is 0 Å². The number of anilines is 1. The Labute approximate surface area is 143 Å². The number of carbonyl (C=O) groups excluding carboxylic acids is 1. The van der Waals surface area contributed by atoms with Crippen LogP contribution in [0.1, 0.15) is 28.0 Å². The fourth-order valence-corrected chi connectivity index (χ4v) is 4.00. The van der Waals surface area contributed by atoms with Gasteiger partial charge in [-0.25, -0.2) is 0 Å². The Bertz CT molecular complexity index is 808. The molecular weight excluding hydrogens is 332 g/mol. The van der Waals surface area contributed by atoms with Gasteiger partial charge in [0.1, 0.15) is 16.8 Å². The molecule has 1 aliphatic rings. The summed E-state index contributed by atoms with van der Waals surface area (Å²) in [5.74, 6) is 0.324. The predicted molar refractivity (Wildman–Crippen MR) is 91.4 cm³/mol. The summed E-state index contributed by atoms with van der Waals surface area (Å²) in [6, 6.07) is 7.46. The number of nitriles is 1. The zero-order chi connectivity index (χ0) is 16.4. The highest BCUT2D eigenvalue weighted by Gasteiger charge is 2.23. The van der Waals surface area contributed by atoms with E-state index in [2.05, 4.69) is 11.4 Å². The molecule has 1 aromatic heterocycles. The lowest BCUT2D eigenvalue weighted by molar-refractivity contribution is -0.118. The summed E-state index contributed by atoms with van der Waals surface area (Å²) < 4.78 is 5.48. The zero-order valence-corrected chi connectivity index (χ0v) is 14.2. The van der Waals surface area contributed by atoms with E-state index >= 15 is 0 Å². The lowest BCUT2D eigenvalue weighted by Crippen LogP contribution is -2.20. The smallest absolute Gasteiger partial charge is 0.262 e. The number of nitrogens with one attached hydrogen (secondary N) is 1. The minimum Gasteiger partial charge on any atom is -0.484 e. The molecule has 1 N–H and O–H groups in total. The highest BCUT2D eigenvalue weighted by Crippen LogP contribution is 2.38. The number of ether oxygens (including phenoxy) is 1. The number of hydrogen-bond donors (Lipinski definition) is 1. The molecule has 6 heteroatoms. The SMILES string of the molecule is Cc1cc(OCC(=O)Nc2sc3c(c2C#N)CCC3)ccc1Cl. The minimum atomic E-state index is -0.269. The molecule has 0 saturated carbocycles. The second-order valence-corrected chi connectivity index (χ2v) is 6.93. The average Bonchev–Trinajstić information content (AvgIpc) is 3.09. The molecule has 0 bridgehead atoms. The third kappa shape index (κ3) is 3.34. The van der Waals surface area contributed by atoms with Crippen LogP contribution in [-0.2, 0) is 17.6 Å². The Kier molecular flexibility index (Phi) is 4.56. The molecule has 1 aromatic carbocycles. The Morgan fingerprint density at radius 3 is 3.04 bits per heavy atom. The van der Waals surface area contributed by atoms with E-state index in [9.17, 15) is 10.1 Å². The van der Waals surface area contributed by atoms with Gasteiger partial charge in [-0.3, -0.25) is 4.79 Å². The summed E-state index contributed by atoms with van der Waals surface area (Å²) in [4.78, 5) is 13.3. The molecule has 0 radical (unpaired) electrons. The van der Waals surface area contributed by atoms with E-state index in [0.717, 1.165) is 30.4 Å². The quantitative estimate of drug-likeness (QED) is 0.907. The first-order valence-electron chi connectivity index (χ1n) is 7.32. The number of halogens is 1. The molecule has 23 heavy (non-hydrogen) atoms. The lowest BCUT2D eigenvalue weighted by Gasteiger charge is -2.08. The Balaban J connectivity index is 1.64. The van der Waals surface area contributed by atoms with Gasteiger partial charge in [0.25, 0.3) is 5.91 Å². The standard InChI is InChI=1S/C17H15ClN2O2S/c1-10-7-11(5-6-14(10)18)22-9-16(21)20-17-13(8-19)12-3-2-4-15(12)23-17/h5-7H,2-4,9H2,1H3,(H,20,21). The number of amides is 1. The largest absolute Gasteiger partial charge is 0.484 e. The van der Waals surface area contributed by atoms with Gasteiger partial charge in [-0.15, -0.1) is 11.3 Å². The molecule has 0 aliphatic heterocycles. The van der Waals surface area contributed by atoms with Gasteiger partial charge >= 0.3 is 0 Å². The van der Waals surface area contributed by atoms with Crippen molar-refractivity contribution in [2.24, 2.45) is 0 Å². The van der Waals surface area contributed by atoms with Crippen molar-refractivity contribution in [1.82, 2.24) is 0 Å². The van der Waals surface area contributed by atoms with Crippen molar-refractivity contribution < 1.29 is 9.53 Å². The maximum atomic E-state index is 12.1. The first kappa shape index (κ1) is 15.9. The molecular formula is C17H15ClN2O2S. The zero-order valence-electron chi connectivity index (χ0n) is 12.6. The van der Waals surface area contributed by atoms with Crippen LogP contribution in [0.3, 0.4) is 0 Å². The van der Waals surface area contributed by atoms with E-state index in [-0.39, 0.29) is 12.5 Å². The summed E-state index contributed by atoms with van der Waals surface area (Å²) in [6.07, 6.45) is 3.00. The molecule has 0 spiro atoms. The summed E-state index contributed by atoms with van der Waals surface area (Å²) in [5, 5.41) is 13.4. The lowest BCUT2D eigenvalue weighted by atomic mass is 10.1. The molecule has 3 rings (SSSR count). The topological polar surface area (TPSA) is 62.1 Å². The summed E-state index contributed by atoms with van der Waals surface area (Å²) in [5.41, 5.74) is 2.60. The van der Waals surface area contributed by atoms with Crippen LogP contribution < -0.4 is 10.1 Å². The van der Waals surface area contributed by atoms with Gasteiger partial charge in [0.05, 0.1) is 5.56 Å². The van der Waals surface area contributed by atoms with Crippen LogP contribution in [0.5, 0.6) is 5.75 Å². The molecule has 4 nitrogen and oxygen atoms in total. The van der Waals surface area contributed by atoms with Crippen LogP contribution in [-0.4, -0.2) is 12.5 Å². The van der Waals surface area contributed by atoms with Crippen LogP contribution >= 0.6 is 22.9 Å². The van der Waals surface area contributed by atoms with E-state index in [1.165, 1.54) is 16.2 Å². The molecule has 0 atom stereocenters. The molecule has 118 valence electrons. The fraction of sp³-hybridized carbons (Fsp3) is 0.294. The molecule has 0 unspecified atom stereocenters. The highest BCUT2D eigenvalue weighted by molar-refractivity contribution is 7.16. The third-order valence-electron chi connectivity index (χ3n) is 3.79. The van der Waals surface area contributed by atoms with Crippen molar-refractivity contribution in [2.45, 2.75) is 26.2 Å². The number of hydrogen-bond acceptors (Lipinski definition) is 4. The van der Waals surface area contributed by atoms with Gasteiger partial charge in [-0.2, -0.15) is 5.26 Å². The van der Waals surface area contributed by atoms with Gasteiger partial charge in [-0.1, -0.05) is 11.6 Å². The molecule has 1 aliphatic carbocycles. The van der Waals surface area contributed by atoms with E-state index < -0.39 is 0 Å². The number of aryl methyl sites for hydroxylation is 2. The van der Waals surface area contributed by atoms with Crippen molar-refractivity contribution in [2.75, 3.05) is 11.9 Å². The van der Waals surface area contributed by atoms with E-state index in [1.54, 1.807) is 18.2 Å². The number of fused-ring (bicyclic) bond motifs is 1. The maximum Gasteiger partial charge on any atom is 0.262 e. The Morgan fingerprint density at radius 1 is 1.48 bits per heavy atom. The van der Waals surface area contributed by atoms with E-state index in [4.69, 9.17) is 16.3 Å². The molecule has 0 fully saturated rings. The van der Waals surface area contributed by atoms with Crippen molar-refractivity contribution in [1.29, 1.82) is 5.26 Å². The number of rotatable bonds is 4. The van der Waals surface area contributed by atoms with E-state index in [0.29, 0.717) is 21.3 Å². The summed E-state index contributed by atoms with van der Waals surface area (Å²) in [7, 11) is 0. The van der Waals surface area contributed by atoms with Gasteiger partial charge in [0, 0.05) is 9.90 Å². The van der Waals surface area contributed by atoms with Gasteiger partial charge in [-0.05, 0) is 55.5 Å². The monoisotopic (exact) mass is 346 g/mol. The average molecular weight is 347 g/mol. The van der Waals surface area contributed by atoms with Crippen molar-refractivity contribution >= 4 is 33.8 Å². The van der Waals surface area contributed by atoms with E-state index in [1.807, 2.05) is 6.92 Å². The number of carbonyl (C=O) groups is 1. The van der Waals surface area contributed by atoms with Crippen LogP contribution in [0.4, 0.5) is 5.00 Å². The van der Waals surface area contributed by atoms with Gasteiger partial charge in [0.2, 0.25) is 0 Å². The van der Waals surface area contributed by atoms with Crippen LogP contribution in [0.25, 0.3) is 0 Å². The van der Waals surface area contributed by atoms with Crippen LogP contribution in [0.15, 0.2) is 18.2 Å². The highest BCUT2D eigenvalue weighted by atomic mass is 35.5. The minimum absolute atomic E-state index is 0.103. The van der Waals surface area contributed by atoms with Gasteiger partial charge < -0.3 is 10.1 Å². The Morgan fingerprint density at radius 2 is 2.30 bits per heavy atom. The number of nitrogens with zero attached hydrogens (tertiary/aromatic N) is 1. The predicted octanol–water partition coefficient (Wildman–Crippen LogP) is 4.09. The fourth-order valence-electron chi connectivity index (χ4n) is 2.63. The first-order valence-corrected chi connectivity index (χ1v) is 8.51. The first-order chi connectivity index (χ1) is 11.1. The molecule has 0 saturated heterocycles. The molecule has 2 aromatic rings. The maximum absolute atomic E-state index is 12.1. The second-order valence-electron chi connectivity index (χ2n) is 5.42. The summed E-state index contributed by atoms with van der Waals surface area (Å²) >= 11 is 7.46. The van der Waals surface area contributed by atoms with Gasteiger partial charge in [0.15, 0.2) is 6.61 Å². The number of benzene rings is 1. The molecule has 1 heterocycles. The van der Waals surface area contributed by atoms with Crippen molar-refractivity contribution in [3.8, 4) is 11.8 Å². The Hall–Kier alpha value is -2.03. The molecule has 1 amide bonds.